The van der Waals surface area contributed by atoms with Gasteiger partial charge in [0.15, 0.2) is 5.11 Å². The number of thiocarbonyl (C=S) groups is 1. The summed E-state index contributed by atoms with van der Waals surface area (Å²) in [5.74, 6) is 5.18. The van der Waals surface area contributed by atoms with Gasteiger partial charge < -0.3 is 10.7 Å². The van der Waals surface area contributed by atoms with Gasteiger partial charge in [-0.2, -0.15) is 0 Å². The van der Waals surface area contributed by atoms with Crippen LogP contribution in [0.2, 0.25) is 0 Å². The van der Waals surface area contributed by atoms with Crippen LogP contribution in [0.5, 0.6) is 0 Å². The molecule has 126 valence electrons. The largest absolute Gasteiger partial charge is 0.362 e. The number of hydrogen-bond acceptors (Lipinski definition) is 2. The quantitative estimate of drug-likeness (QED) is 0.176. The normalized spacial score (nSPS) is 10.6. The van der Waals surface area contributed by atoms with Gasteiger partial charge in [-0.15, -0.1) is 0 Å². The number of hydrogen-bond donors (Lipinski definition) is 3. The first-order valence-corrected chi connectivity index (χ1v) is 9.46. The standard InChI is InChI=1S/C17H37N3S/c1-2-3-4-5-6-7-8-9-10-11-12-13-14-15-16-19-17(21)20-18/h2-16,18H2,1H3,(H2,19,20,21). The van der Waals surface area contributed by atoms with Gasteiger partial charge in [0, 0.05) is 6.54 Å². The number of hydrazine groups is 1. The molecule has 0 atom stereocenters. The lowest BCUT2D eigenvalue weighted by atomic mass is 10.0. The average molecular weight is 316 g/mol. The number of rotatable bonds is 15. The summed E-state index contributed by atoms with van der Waals surface area (Å²) in [6, 6.07) is 0. The van der Waals surface area contributed by atoms with Crippen LogP contribution in [0.25, 0.3) is 0 Å². The van der Waals surface area contributed by atoms with Crippen molar-refractivity contribution >= 4 is 17.3 Å². The highest BCUT2D eigenvalue weighted by atomic mass is 32.1. The summed E-state index contributed by atoms with van der Waals surface area (Å²) >= 11 is 4.91. The van der Waals surface area contributed by atoms with E-state index in [1.54, 1.807) is 0 Å². The van der Waals surface area contributed by atoms with Gasteiger partial charge in [-0.1, -0.05) is 90.4 Å². The third-order valence-electron chi connectivity index (χ3n) is 3.95. The molecule has 0 aromatic rings. The van der Waals surface area contributed by atoms with E-state index in [4.69, 9.17) is 18.1 Å². The molecular weight excluding hydrogens is 278 g/mol. The molecule has 21 heavy (non-hydrogen) atoms. The van der Waals surface area contributed by atoms with Crippen molar-refractivity contribution in [3.63, 3.8) is 0 Å². The van der Waals surface area contributed by atoms with Crippen molar-refractivity contribution in [3.8, 4) is 0 Å². The molecule has 0 amide bonds. The fraction of sp³-hybridized carbons (Fsp3) is 0.941. The monoisotopic (exact) mass is 315 g/mol. The maximum absolute atomic E-state index is 5.18. The second-order valence-corrected chi connectivity index (χ2v) is 6.40. The molecule has 0 aliphatic heterocycles. The lowest BCUT2D eigenvalue weighted by Crippen LogP contribution is -2.39. The van der Waals surface area contributed by atoms with Crippen LogP contribution in [-0.4, -0.2) is 11.7 Å². The summed E-state index contributed by atoms with van der Waals surface area (Å²) in [6.07, 6.45) is 19.5. The van der Waals surface area contributed by atoms with Crippen molar-refractivity contribution in [2.24, 2.45) is 5.84 Å². The van der Waals surface area contributed by atoms with Crippen LogP contribution in [0.15, 0.2) is 0 Å². The molecule has 0 aliphatic rings. The van der Waals surface area contributed by atoms with Crippen LogP contribution in [0.3, 0.4) is 0 Å². The van der Waals surface area contributed by atoms with Crippen molar-refractivity contribution in [1.82, 2.24) is 10.7 Å². The van der Waals surface area contributed by atoms with Gasteiger partial charge in [-0.05, 0) is 18.6 Å². The molecule has 0 radical (unpaired) electrons. The predicted octanol–water partition coefficient (Wildman–Crippen LogP) is 4.81. The maximum atomic E-state index is 5.18. The van der Waals surface area contributed by atoms with Crippen molar-refractivity contribution in [1.29, 1.82) is 0 Å². The summed E-state index contributed by atoms with van der Waals surface area (Å²) < 4.78 is 0. The first kappa shape index (κ1) is 20.6. The van der Waals surface area contributed by atoms with Gasteiger partial charge in [0.1, 0.15) is 0 Å². The number of nitrogens with two attached hydrogens (primary N) is 1. The third-order valence-corrected chi connectivity index (χ3v) is 4.21. The van der Waals surface area contributed by atoms with E-state index >= 15 is 0 Å². The molecule has 0 saturated carbocycles. The Bertz CT molecular complexity index is 222. The maximum Gasteiger partial charge on any atom is 0.180 e. The van der Waals surface area contributed by atoms with Crippen LogP contribution >= 0.6 is 12.2 Å². The molecule has 3 nitrogen and oxygen atoms in total. The fourth-order valence-electron chi connectivity index (χ4n) is 2.57. The Hall–Kier alpha value is -0.350. The van der Waals surface area contributed by atoms with Crippen LogP contribution in [0.1, 0.15) is 96.8 Å². The Morgan fingerprint density at radius 1 is 0.714 bits per heavy atom. The van der Waals surface area contributed by atoms with Gasteiger partial charge in [0.05, 0.1) is 0 Å². The van der Waals surface area contributed by atoms with E-state index in [1.165, 1.54) is 89.9 Å². The smallest absolute Gasteiger partial charge is 0.180 e. The average Bonchev–Trinajstić information content (AvgIpc) is 2.50. The van der Waals surface area contributed by atoms with Gasteiger partial charge in [0.2, 0.25) is 0 Å². The summed E-state index contributed by atoms with van der Waals surface area (Å²) in [5.41, 5.74) is 2.43. The highest BCUT2D eigenvalue weighted by Crippen LogP contribution is 2.12. The zero-order valence-electron chi connectivity index (χ0n) is 14.1. The molecule has 0 unspecified atom stereocenters. The van der Waals surface area contributed by atoms with E-state index in [0.717, 1.165) is 6.54 Å². The minimum atomic E-state index is 0.546. The van der Waals surface area contributed by atoms with E-state index in [0.29, 0.717) is 5.11 Å². The molecule has 0 saturated heterocycles. The Kier molecular flexibility index (Phi) is 17.4. The summed E-state index contributed by atoms with van der Waals surface area (Å²) in [7, 11) is 0. The van der Waals surface area contributed by atoms with Crippen LogP contribution in [0.4, 0.5) is 0 Å². The molecule has 4 N–H and O–H groups in total. The number of nitrogens with one attached hydrogen (secondary N) is 2. The second-order valence-electron chi connectivity index (χ2n) is 6.00. The predicted molar refractivity (Wildman–Crippen MR) is 98.2 cm³/mol. The van der Waals surface area contributed by atoms with Crippen molar-refractivity contribution < 1.29 is 0 Å². The molecule has 0 fully saturated rings. The van der Waals surface area contributed by atoms with Gasteiger partial charge in [0.25, 0.3) is 0 Å². The molecule has 0 aliphatic carbocycles. The van der Waals surface area contributed by atoms with Gasteiger partial charge in [-0.25, -0.2) is 5.84 Å². The molecule has 0 aromatic carbocycles. The van der Waals surface area contributed by atoms with Gasteiger partial charge in [-0.3, -0.25) is 0 Å². The molecule has 0 spiro atoms. The molecule has 4 heteroatoms. The van der Waals surface area contributed by atoms with Gasteiger partial charge >= 0.3 is 0 Å². The third kappa shape index (κ3) is 17.6. The fourth-order valence-corrected chi connectivity index (χ4v) is 2.67. The molecular formula is C17H37N3S. The zero-order chi connectivity index (χ0) is 15.6. The summed E-state index contributed by atoms with van der Waals surface area (Å²) in [4.78, 5) is 0. The lowest BCUT2D eigenvalue weighted by Gasteiger charge is -2.06. The lowest BCUT2D eigenvalue weighted by molar-refractivity contribution is 0.535. The summed E-state index contributed by atoms with van der Waals surface area (Å²) in [5, 5.41) is 3.62. The first-order chi connectivity index (χ1) is 10.3. The molecule has 0 heterocycles. The van der Waals surface area contributed by atoms with E-state index < -0.39 is 0 Å². The van der Waals surface area contributed by atoms with E-state index in [9.17, 15) is 0 Å². The minimum absolute atomic E-state index is 0.546. The summed E-state index contributed by atoms with van der Waals surface area (Å²) in [6.45, 7) is 3.21. The van der Waals surface area contributed by atoms with Crippen molar-refractivity contribution in [2.45, 2.75) is 96.8 Å². The highest BCUT2D eigenvalue weighted by Gasteiger charge is 1.94. The van der Waals surface area contributed by atoms with Crippen LogP contribution < -0.4 is 16.6 Å². The molecule has 0 bridgehead atoms. The van der Waals surface area contributed by atoms with E-state index in [-0.39, 0.29) is 0 Å². The van der Waals surface area contributed by atoms with E-state index in [1.807, 2.05) is 0 Å². The number of unbranched alkanes of at least 4 members (excludes halogenated alkanes) is 13. The molecule has 0 aromatic heterocycles. The van der Waals surface area contributed by atoms with Crippen molar-refractivity contribution in [2.75, 3.05) is 6.54 Å². The Labute approximate surface area is 137 Å². The first-order valence-electron chi connectivity index (χ1n) is 9.05. The highest BCUT2D eigenvalue weighted by molar-refractivity contribution is 7.80. The minimum Gasteiger partial charge on any atom is -0.362 e. The Balaban J connectivity index is 2.98. The zero-order valence-corrected chi connectivity index (χ0v) is 14.9. The second kappa shape index (κ2) is 17.7. The van der Waals surface area contributed by atoms with Crippen LogP contribution in [-0.2, 0) is 0 Å². The Morgan fingerprint density at radius 2 is 1.10 bits per heavy atom. The van der Waals surface area contributed by atoms with E-state index in [2.05, 4.69) is 17.7 Å². The van der Waals surface area contributed by atoms with Crippen LogP contribution in [0, 0.1) is 0 Å². The topological polar surface area (TPSA) is 50.1 Å². The van der Waals surface area contributed by atoms with Crippen molar-refractivity contribution in [3.05, 3.63) is 0 Å². The SMILES string of the molecule is CCCCCCCCCCCCCCCCNC(=S)NN. The Morgan fingerprint density at radius 3 is 1.48 bits per heavy atom. The molecule has 0 rings (SSSR count).